The Bertz CT molecular complexity index is 1210. The summed E-state index contributed by atoms with van der Waals surface area (Å²) < 4.78 is 55.6. The maximum atomic E-state index is 14.8. The number of allylic oxidation sites excluding steroid dienone is 1. The number of benzene rings is 1. The van der Waals surface area contributed by atoms with Gasteiger partial charge < -0.3 is 10.2 Å². The number of carbonyl (C=O) groups excluding carboxylic acids is 2. The molecule has 0 spiro atoms. The lowest BCUT2D eigenvalue weighted by Crippen LogP contribution is -2.91. The van der Waals surface area contributed by atoms with E-state index in [1.54, 1.807) is 42.5 Å². The molecule has 3 heterocycles. The van der Waals surface area contributed by atoms with Crippen LogP contribution in [0.1, 0.15) is 54.5 Å². The largest absolute Gasteiger partial charge is 0.342 e. The summed E-state index contributed by atoms with van der Waals surface area (Å²) in [4.78, 5) is 31.5. The Labute approximate surface area is 210 Å². The zero-order chi connectivity index (χ0) is 26.1. The van der Waals surface area contributed by atoms with Crippen molar-refractivity contribution in [1.82, 2.24) is 26.2 Å². The van der Waals surface area contributed by atoms with Crippen LogP contribution in [-0.4, -0.2) is 46.9 Å². The lowest BCUT2D eigenvalue weighted by Gasteiger charge is -2.26. The van der Waals surface area contributed by atoms with E-state index in [4.69, 9.17) is 0 Å². The number of nitrogens with zero attached hydrogens (tertiary/aromatic N) is 2. The lowest BCUT2D eigenvalue weighted by molar-refractivity contribution is -0.669. The Morgan fingerprint density at radius 3 is 2.59 bits per heavy atom. The van der Waals surface area contributed by atoms with Gasteiger partial charge in [0.05, 0.1) is 24.7 Å². The summed E-state index contributed by atoms with van der Waals surface area (Å²) in [6.07, 6.45) is -3.12. The number of nitrogens with one attached hydrogen (secondary N) is 3. The van der Waals surface area contributed by atoms with Crippen LogP contribution in [0.15, 0.2) is 53.9 Å². The predicted octanol–water partition coefficient (Wildman–Crippen LogP) is 1.70. The molecule has 0 bridgehead atoms. The molecule has 2 fully saturated rings. The molecule has 0 unspecified atom stereocenters. The molecule has 37 heavy (non-hydrogen) atoms. The first kappa shape index (κ1) is 25.2. The number of alkyl halides is 3. The number of nitrogens with two attached hydrogens (primary N) is 1. The molecule has 1 aromatic carbocycles. The van der Waals surface area contributed by atoms with Crippen LogP contribution >= 0.6 is 0 Å². The van der Waals surface area contributed by atoms with Crippen LogP contribution in [0.25, 0.3) is 0 Å². The topological polar surface area (TPSA) is 103 Å². The average molecular weight is 520 g/mol. The summed E-state index contributed by atoms with van der Waals surface area (Å²) in [5.41, 5.74) is 7.06. The molecule has 3 atom stereocenters. The molecule has 1 saturated carbocycles. The number of carbonyl (C=O) groups is 2. The third-order valence-corrected chi connectivity index (χ3v) is 6.87. The van der Waals surface area contributed by atoms with E-state index < -0.39 is 48.9 Å². The molecule has 196 valence electrons. The second-order valence-corrected chi connectivity index (χ2v) is 9.46. The van der Waals surface area contributed by atoms with E-state index in [-0.39, 0.29) is 36.0 Å². The minimum Gasteiger partial charge on any atom is -0.342 e. The fourth-order valence-electron chi connectivity index (χ4n) is 4.79. The first-order valence-corrected chi connectivity index (χ1v) is 12.1. The van der Waals surface area contributed by atoms with Crippen LogP contribution < -0.4 is 21.7 Å². The van der Waals surface area contributed by atoms with Crippen LogP contribution in [0, 0.1) is 5.95 Å². The fraction of sp³-hybridized carbons (Fsp3) is 0.400. The van der Waals surface area contributed by atoms with Gasteiger partial charge in [-0.05, 0) is 30.4 Å². The summed E-state index contributed by atoms with van der Waals surface area (Å²) >= 11 is 0. The standard InChI is InChI=1S/C25H26F4N6O2/c26-15-10-19(35(12-15)20(36)11-18-22(23(27)28)33-34-32-18)25(37)31-21(14-4-2-1-3-5-14)17-9-8-16(13-6-7-13)24(29)30-17/h1-5,8-9,13,15,19,21,23,32-34H,6-7,10-12H2,(H,31,37)/p+1/t15-,19+,21+/m1/s1. The molecule has 2 aliphatic heterocycles. The molecule has 1 aromatic heterocycles. The Morgan fingerprint density at radius 1 is 1.16 bits per heavy atom. The van der Waals surface area contributed by atoms with Crippen LogP contribution in [-0.2, 0) is 9.59 Å². The van der Waals surface area contributed by atoms with Crippen molar-refractivity contribution in [2.75, 3.05) is 6.54 Å². The maximum absolute atomic E-state index is 14.8. The number of likely N-dealkylation sites (tertiary alicyclic amines) is 1. The van der Waals surface area contributed by atoms with Gasteiger partial charge in [-0.25, -0.2) is 14.8 Å². The Morgan fingerprint density at radius 2 is 1.92 bits per heavy atom. The summed E-state index contributed by atoms with van der Waals surface area (Å²) in [5, 5.41) is 2.81. The van der Waals surface area contributed by atoms with Gasteiger partial charge in [0.2, 0.25) is 23.5 Å². The normalized spacial score (nSPS) is 22.4. The van der Waals surface area contributed by atoms with Crippen molar-refractivity contribution >= 4 is 11.8 Å². The second kappa shape index (κ2) is 10.5. The number of hydrogen-bond acceptors (Lipinski definition) is 5. The molecule has 1 saturated heterocycles. The minimum atomic E-state index is -2.80. The van der Waals surface area contributed by atoms with E-state index in [0.29, 0.717) is 11.1 Å². The first-order valence-electron chi connectivity index (χ1n) is 12.1. The Hall–Kier alpha value is -3.51. The highest BCUT2D eigenvalue weighted by molar-refractivity contribution is 5.89. The van der Waals surface area contributed by atoms with Crippen LogP contribution in [0.4, 0.5) is 17.6 Å². The summed E-state index contributed by atoms with van der Waals surface area (Å²) in [7, 11) is 0. The van der Waals surface area contributed by atoms with Crippen molar-refractivity contribution in [1.29, 1.82) is 0 Å². The zero-order valence-corrected chi connectivity index (χ0v) is 19.8. The molecule has 8 nitrogen and oxygen atoms in total. The Balaban J connectivity index is 1.37. The van der Waals surface area contributed by atoms with E-state index in [9.17, 15) is 27.2 Å². The molecule has 0 radical (unpaired) electrons. The quantitative estimate of drug-likeness (QED) is 0.242. The van der Waals surface area contributed by atoms with Gasteiger partial charge in [0.1, 0.15) is 17.9 Å². The highest BCUT2D eigenvalue weighted by Gasteiger charge is 2.42. The number of amides is 2. The van der Waals surface area contributed by atoms with Gasteiger partial charge in [-0.2, -0.15) is 13.2 Å². The van der Waals surface area contributed by atoms with Gasteiger partial charge in [-0.1, -0.05) is 41.9 Å². The first-order chi connectivity index (χ1) is 17.8. The number of hydrazine groups is 1. The fourth-order valence-corrected chi connectivity index (χ4v) is 4.79. The van der Waals surface area contributed by atoms with Gasteiger partial charge in [0.25, 0.3) is 0 Å². The van der Waals surface area contributed by atoms with Crippen molar-refractivity contribution in [2.24, 2.45) is 0 Å². The van der Waals surface area contributed by atoms with Crippen molar-refractivity contribution in [3.8, 4) is 0 Å². The third-order valence-electron chi connectivity index (χ3n) is 6.87. The van der Waals surface area contributed by atoms with Gasteiger partial charge in [-0.3, -0.25) is 15.0 Å². The summed E-state index contributed by atoms with van der Waals surface area (Å²) in [5.74, 6) is -1.72. The maximum Gasteiger partial charge on any atom is 0.314 e. The van der Waals surface area contributed by atoms with Crippen LogP contribution in [0.5, 0.6) is 0 Å². The van der Waals surface area contributed by atoms with E-state index >= 15 is 0 Å². The van der Waals surface area contributed by atoms with Crippen molar-refractivity contribution in [2.45, 2.75) is 56.3 Å². The number of halogens is 4. The smallest absolute Gasteiger partial charge is 0.314 e. The minimum absolute atomic E-state index is 0.0287. The van der Waals surface area contributed by atoms with Crippen molar-refractivity contribution in [3.63, 3.8) is 0 Å². The van der Waals surface area contributed by atoms with E-state index in [2.05, 4.69) is 21.3 Å². The molecule has 5 rings (SSSR count). The second-order valence-electron chi connectivity index (χ2n) is 9.46. The summed E-state index contributed by atoms with van der Waals surface area (Å²) in [6.45, 7) is -0.329. The number of quaternary nitrogens is 1. The van der Waals surface area contributed by atoms with Gasteiger partial charge in [0, 0.05) is 12.0 Å². The van der Waals surface area contributed by atoms with E-state index in [1.807, 2.05) is 0 Å². The highest BCUT2D eigenvalue weighted by atomic mass is 19.3. The highest BCUT2D eigenvalue weighted by Crippen LogP contribution is 2.41. The number of pyridine rings is 1. The molecule has 3 aliphatic rings. The third kappa shape index (κ3) is 5.44. The monoisotopic (exact) mass is 519 g/mol. The molecular weight excluding hydrogens is 492 g/mol. The average Bonchev–Trinajstić information content (AvgIpc) is 3.48. The van der Waals surface area contributed by atoms with Gasteiger partial charge in [-0.15, -0.1) is 0 Å². The SMILES string of the molecule is O=C(N[C@@H](c1ccccc1)c1ccc(C2CC2)c(F)n1)[C@@H]1C[C@@H](F)CN1C(=O)CC1=C(C(F)F)[NH2+]NN1. The predicted molar refractivity (Wildman–Crippen MR) is 123 cm³/mol. The molecule has 1 aliphatic carbocycles. The van der Waals surface area contributed by atoms with Gasteiger partial charge >= 0.3 is 6.43 Å². The molecular formula is C25H27F4N6O2+. The van der Waals surface area contributed by atoms with Crippen molar-refractivity contribution < 1.29 is 32.6 Å². The van der Waals surface area contributed by atoms with Gasteiger partial charge in [0.15, 0.2) is 0 Å². The number of aromatic nitrogens is 1. The van der Waals surface area contributed by atoms with Crippen molar-refractivity contribution in [3.05, 3.63) is 76.6 Å². The Kier molecular flexibility index (Phi) is 7.11. The van der Waals surface area contributed by atoms with Crippen LogP contribution in [0.2, 0.25) is 0 Å². The molecule has 12 heteroatoms. The zero-order valence-electron chi connectivity index (χ0n) is 19.8. The number of hydrogen-bond donors (Lipinski definition) is 4. The molecule has 2 aromatic rings. The van der Waals surface area contributed by atoms with E-state index in [0.717, 1.165) is 23.2 Å². The molecule has 2 amide bonds. The lowest BCUT2D eigenvalue weighted by atomic mass is 10.0. The van der Waals surface area contributed by atoms with E-state index in [1.165, 1.54) is 0 Å². The molecule has 5 N–H and O–H groups in total. The number of rotatable bonds is 8. The van der Waals surface area contributed by atoms with Crippen LogP contribution in [0.3, 0.4) is 0 Å². The summed E-state index contributed by atoms with van der Waals surface area (Å²) in [6, 6.07) is 10.2.